The Balaban J connectivity index is 1.99. The molecular weight excluding hydrogens is 264 g/mol. The molecule has 0 amide bonds. The van der Waals surface area contributed by atoms with Gasteiger partial charge in [-0.3, -0.25) is 0 Å². The molecule has 0 saturated carbocycles. The van der Waals surface area contributed by atoms with Gasteiger partial charge in [0.05, 0.1) is 11.8 Å². The summed E-state index contributed by atoms with van der Waals surface area (Å²) >= 11 is 0. The molecular formula is C16H18N4O. The molecule has 2 N–H and O–H groups in total. The van der Waals surface area contributed by atoms with Crippen molar-refractivity contribution >= 4 is 11.3 Å². The number of aliphatic hydroxyl groups excluding tert-OH is 1. The van der Waals surface area contributed by atoms with Gasteiger partial charge in [-0.05, 0) is 38.5 Å². The Kier molecular flexibility index (Phi) is 3.35. The molecule has 0 fully saturated rings. The summed E-state index contributed by atoms with van der Waals surface area (Å²) in [5.41, 5.74) is 5.23. The van der Waals surface area contributed by atoms with Crippen molar-refractivity contribution in [3.05, 3.63) is 59.0 Å². The number of para-hydroxylation sites is 1. The largest absolute Gasteiger partial charge is 0.369 e. The molecule has 3 rings (SSSR count). The fourth-order valence-corrected chi connectivity index (χ4v) is 2.44. The van der Waals surface area contributed by atoms with E-state index in [-0.39, 0.29) is 0 Å². The zero-order chi connectivity index (χ0) is 15.0. The lowest BCUT2D eigenvalue weighted by molar-refractivity contribution is 0.209. The van der Waals surface area contributed by atoms with E-state index in [1.54, 1.807) is 10.7 Å². The highest BCUT2D eigenvalue weighted by atomic mass is 16.3. The number of rotatable bonds is 3. The highest BCUT2D eigenvalue weighted by Gasteiger charge is 2.16. The van der Waals surface area contributed by atoms with Crippen molar-refractivity contribution in [1.82, 2.24) is 14.6 Å². The van der Waals surface area contributed by atoms with E-state index >= 15 is 0 Å². The van der Waals surface area contributed by atoms with Crippen LogP contribution < -0.4 is 5.32 Å². The summed E-state index contributed by atoms with van der Waals surface area (Å²) in [6, 6.07) is 9.80. The molecule has 0 saturated heterocycles. The van der Waals surface area contributed by atoms with E-state index < -0.39 is 6.23 Å². The van der Waals surface area contributed by atoms with Crippen LogP contribution in [0.5, 0.6) is 0 Å². The molecule has 108 valence electrons. The Hall–Kier alpha value is -2.40. The number of fused-ring (bicyclic) bond motifs is 1. The van der Waals surface area contributed by atoms with Gasteiger partial charge in [0, 0.05) is 17.1 Å². The van der Waals surface area contributed by atoms with Crippen LogP contribution in [0, 0.1) is 20.8 Å². The van der Waals surface area contributed by atoms with E-state index in [1.807, 2.05) is 51.1 Å². The van der Waals surface area contributed by atoms with Gasteiger partial charge in [0.15, 0.2) is 11.9 Å². The van der Waals surface area contributed by atoms with Gasteiger partial charge in [0.25, 0.3) is 0 Å². The van der Waals surface area contributed by atoms with Crippen LogP contribution in [0.1, 0.15) is 28.7 Å². The van der Waals surface area contributed by atoms with Crippen molar-refractivity contribution in [2.24, 2.45) is 0 Å². The Morgan fingerprint density at radius 2 is 1.95 bits per heavy atom. The van der Waals surface area contributed by atoms with E-state index in [0.717, 1.165) is 22.6 Å². The molecule has 0 bridgehead atoms. The number of aromatic nitrogens is 3. The van der Waals surface area contributed by atoms with Crippen molar-refractivity contribution in [3.63, 3.8) is 0 Å². The predicted molar refractivity (Wildman–Crippen MR) is 82.2 cm³/mol. The van der Waals surface area contributed by atoms with E-state index in [1.165, 1.54) is 0 Å². The van der Waals surface area contributed by atoms with Gasteiger partial charge in [0.2, 0.25) is 0 Å². The second-order valence-corrected chi connectivity index (χ2v) is 5.24. The summed E-state index contributed by atoms with van der Waals surface area (Å²) < 4.78 is 1.74. The lowest BCUT2D eigenvalue weighted by Crippen LogP contribution is -2.11. The third kappa shape index (κ3) is 2.48. The summed E-state index contributed by atoms with van der Waals surface area (Å²) in [5.74, 6) is 0. The second-order valence-electron chi connectivity index (χ2n) is 5.24. The summed E-state index contributed by atoms with van der Waals surface area (Å²) in [6.45, 7) is 5.91. The zero-order valence-corrected chi connectivity index (χ0v) is 12.3. The molecule has 5 nitrogen and oxygen atoms in total. The maximum atomic E-state index is 10.5. The highest BCUT2D eigenvalue weighted by Crippen LogP contribution is 2.23. The topological polar surface area (TPSA) is 62.5 Å². The van der Waals surface area contributed by atoms with Crippen LogP contribution in [0.3, 0.4) is 0 Å². The molecule has 1 unspecified atom stereocenters. The van der Waals surface area contributed by atoms with E-state index in [9.17, 15) is 5.11 Å². The Morgan fingerprint density at radius 3 is 2.71 bits per heavy atom. The van der Waals surface area contributed by atoms with Gasteiger partial charge >= 0.3 is 0 Å². The summed E-state index contributed by atoms with van der Waals surface area (Å²) in [4.78, 5) is 4.48. The first-order valence-corrected chi connectivity index (χ1v) is 6.88. The number of aliphatic hydroxyl groups is 1. The molecule has 3 aromatic rings. The molecule has 0 aliphatic carbocycles. The third-order valence-corrected chi connectivity index (χ3v) is 3.54. The van der Waals surface area contributed by atoms with Gasteiger partial charge in [-0.1, -0.05) is 18.2 Å². The quantitative estimate of drug-likeness (QED) is 0.725. The summed E-state index contributed by atoms with van der Waals surface area (Å²) in [5, 5.41) is 17.9. The Morgan fingerprint density at radius 1 is 1.19 bits per heavy atom. The monoisotopic (exact) mass is 282 g/mol. The molecule has 0 aliphatic heterocycles. The van der Waals surface area contributed by atoms with Gasteiger partial charge in [-0.15, -0.1) is 0 Å². The lowest BCUT2D eigenvalue weighted by atomic mass is 10.2. The smallest absolute Gasteiger partial charge is 0.163 e. The molecule has 0 radical (unpaired) electrons. The highest BCUT2D eigenvalue weighted by molar-refractivity contribution is 5.55. The maximum Gasteiger partial charge on any atom is 0.163 e. The van der Waals surface area contributed by atoms with Gasteiger partial charge in [-0.25, -0.2) is 9.50 Å². The normalized spacial score (nSPS) is 12.6. The SMILES string of the molecule is Cc1cc(C)n2ncc(C(O)Nc3ccccc3C)c2n1. The predicted octanol–water partition coefficient (Wildman–Crippen LogP) is 2.76. The van der Waals surface area contributed by atoms with Gasteiger partial charge in [-0.2, -0.15) is 5.10 Å². The molecule has 0 spiro atoms. The van der Waals surface area contributed by atoms with E-state index in [4.69, 9.17) is 0 Å². The number of benzene rings is 1. The van der Waals surface area contributed by atoms with Crippen LogP contribution in [-0.2, 0) is 0 Å². The minimum atomic E-state index is -0.850. The average molecular weight is 282 g/mol. The molecule has 1 atom stereocenters. The van der Waals surface area contributed by atoms with Crippen molar-refractivity contribution < 1.29 is 5.11 Å². The first-order valence-electron chi connectivity index (χ1n) is 6.88. The van der Waals surface area contributed by atoms with Crippen molar-refractivity contribution in [1.29, 1.82) is 0 Å². The van der Waals surface area contributed by atoms with Crippen LogP contribution in [0.15, 0.2) is 36.5 Å². The Labute approximate surface area is 123 Å². The molecule has 5 heteroatoms. The molecule has 1 aromatic carbocycles. The number of anilines is 1. The fourth-order valence-electron chi connectivity index (χ4n) is 2.44. The van der Waals surface area contributed by atoms with Crippen molar-refractivity contribution in [2.45, 2.75) is 27.0 Å². The first kappa shape index (κ1) is 13.6. The lowest BCUT2D eigenvalue weighted by Gasteiger charge is -2.15. The van der Waals surface area contributed by atoms with E-state index in [2.05, 4.69) is 15.4 Å². The minimum Gasteiger partial charge on any atom is -0.369 e. The van der Waals surface area contributed by atoms with Crippen LogP contribution in [0.2, 0.25) is 0 Å². The van der Waals surface area contributed by atoms with E-state index in [0.29, 0.717) is 11.2 Å². The first-order chi connectivity index (χ1) is 10.1. The summed E-state index contributed by atoms with van der Waals surface area (Å²) in [7, 11) is 0. The number of nitrogens with zero attached hydrogens (tertiary/aromatic N) is 3. The molecule has 0 aliphatic rings. The zero-order valence-electron chi connectivity index (χ0n) is 12.3. The number of nitrogens with one attached hydrogen (secondary N) is 1. The van der Waals surface area contributed by atoms with Crippen LogP contribution in [0.25, 0.3) is 5.65 Å². The van der Waals surface area contributed by atoms with Crippen LogP contribution >= 0.6 is 0 Å². The average Bonchev–Trinajstić information content (AvgIpc) is 2.85. The molecule has 2 aromatic heterocycles. The second kappa shape index (κ2) is 5.18. The van der Waals surface area contributed by atoms with Crippen LogP contribution in [0.4, 0.5) is 5.69 Å². The van der Waals surface area contributed by atoms with Crippen LogP contribution in [-0.4, -0.2) is 19.7 Å². The third-order valence-electron chi connectivity index (χ3n) is 3.54. The Bertz CT molecular complexity index is 794. The molecule has 2 heterocycles. The number of hydrogen-bond acceptors (Lipinski definition) is 4. The van der Waals surface area contributed by atoms with Gasteiger partial charge < -0.3 is 10.4 Å². The minimum absolute atomic E-state index is 0.671. The maximum absolute atomic E-state index is 10.5. The van der Waals surface area contributed by atoms with Gasteiger partial charge in [0.1, 0.15) is 0 Å². The van der Waals surface area contributed by atoms with Crippen molar-refractivity contribution in [2.75, 3.05) is 5.32 Å². The number of hydrogen-bond donors (Lipinski definition) is 2. The van der Waals surface area contributed by atoms with Crippen molar-refractivity contribution in [3.8, 4) is 0 Å². The fraction of sp³-hybridized carbons (Fsp3) is 0.250. The molecule has 21 heavy (non-hydrogen) atoms. The standard InChI is InChI=1S/C16H18N4O/c1-10-6-4-5-7-14(10)19-16(21)13-9-17-20-12(3)8-11(2)18-15(13)20/h4-9,16,19,21H,1-3H3. The number of aryl methyl sites for hydroxylation is 3. The summed E-state index contributed by atoms with van der Waals surface area (Å²) in [6.07, 6.45) is 0.808.